The lowest BCUT2D eigenvalue weighted by Crippen LogP contribution is -3.02. The zero-order valence-corrected chi connectivity index (χ0v) is 10.5. The van der Waals surface area contributed by atoms with Gasteiger partial charge in [0.1, 0.15) is 0 Å². The van der Waals surface area contributed by atoms with Crippen molar-refractivity contribution in [2.24, 2.45) is 46.3 Å². The highest BCUT2D eigenvalue weighted by Gasteiger charge is 3.05. The minimum Gasteiger partial charge on any atom is -0.469 e. The van der Waals surface area contributed by atoms with Crippen LogP contribution in [0.25, 0.3) is 0 Å². The van der Waals surface area contributed by atoms with Crippen molar-refractivity contribution < 1.29 is 19.1 Å². The topological polar surface area (TPSA) is 52.6 Å². The van der Waals surface area contributed by atoms with Crippen LogP contribution in [0.4, 0.5) is 0 Å². The minimum atomic E-state index is -0.286. The third-order valence-electron chi connectivity index (χ3n) is 7.27. The molecule has 4 heteroatoms. The molecule has 0 aliphatic heterocycles. The molecule has 0 unspecified atom stereocenters. The number of ether oxygens (including phenoxy) is 2. The second-order valence-corrected chi connectivity index (χ2v) is 6.76. The van der Waals surface area contributed by atoms with Crippen molar-refractivity contribution in [2.75, 3.05) is 14.2 Å². The Hall–Kier alpha value is -1.06. The van der Waals surface area contributed by atoms with Gasteiger partial charge in [0.05, 0.1) is 25.0 Å². The Morgan fingerprint density at radius 3 is 2.28 bits per heavy atom. The highest BCUT2D eigenvalue weighted by molar-refractivity contribution is 5.95. The Morgan fingerprint density at radius 1 is 1.00 bits per heavy atom. The van der Waals surface area contributed by atoms with Gasteiger partial charge in [-0.2, -0.15) is 0 Å². The monoisotopic (exact) mass is 248 g/mol. The van der Waals surface area contributed by atoms with Crippen molar-refractivity contribution in [3.63, 3.8) is 0 Å². The molecule has 6 aliphatic rings. The van der Waals surface area contributed by atoms with Gasteiger partial charge in [-0.1, -0.05) is 0 Å². The highest BCUT2D eigenvalue weighted by atomic mass is 16.5. The molecule has 6 saturated carbocycles. The van der Waals surface area contributed by atoms with Crippen molar-refractivity contribution in [3.05, 3.63) is 0 Å². The minimum absolute atomic E-state index is 0.0545. The summed E-state index contributed by atoms with van der Waals surface area (Å²) in [5.74, 6) is 2.61. The molecule has 6 rings (SSSR count). The number of hydrogen-bond donors (Lipinski definition) is 0. The molecule has 0 aromatic carbocycles. The molecule has 0 amide bonds. The summed E-state index contributed by atoms with van der Waals surface area (Å²) >= 11 is 0. The number of carbonyl (C=O) groups excluding carboxylic acids is 2. The van der Waals surface area contributed by atoms with Crippen LogP contribution in [0.5, 0.6) is 0 Å². The average molecular weight is 248 g/mol. The van der Waals surface area contributed by atoms with E-state index < -0.39 is 0 Å². The van der Waals surface area contributed by atoms with Gasteiger partial charge in [0.2, 0.25) is 0 Å². The summed E-state index contributed by atoms with van der Waals surface area (Å²) in [7, 11) is 2.95. The summed E-state index contributed by atoms with van der Waals surface area (Å²) < 4.78 is 10.1. The van der Waals surface area contributed by atoms with Crippen LogP contribution in [-0.2, 0) is 19.1 Å². The zero-order chi connectivity index (χ0) is 12.4. The number of esters is 2. The van der Waals surface area contributed by atoms with Crippen molar-refractivity contribution in [1.82, 2.24) is 0 Å². The smallest absolute Gasteiger partial charge is 0.312 e. The van der Waals surface area contributed by atoms with Gasteiger partial charge < -0.3 is 9.47 Å². The molecule has 96 valence electrons. The predicted molar refractivity (Wildman–Crippen MR) is 59.1 cm³/mol. The Balaban J connectivity index is 1.64. The van der Waals surface area contributed by atoms with Gasteiger partial charge in [0.25, 0.3) is 0 Å². The van der Waals surface area contributed by atoms with E-state index in [0.29, 0.717) is 23.7 Å². The van der Waals surface area contributed by atoms with Gasteiger partial charge in [-0.3, -0.25) is 9.59 Å². The highest BCUT2D eigenvalue weighted by Crippen LogP contribution is 3.02. The molecule has 0 N–H and O–H groups in total. The quantitative estimate of drug-likeness (QED) is 0.680. The maximum Gasteiger partial charge on any atom is 0.312 e. The maximum absolute atomic E-state index is 12.2. The lowest BCUT2D eigenvalue weighted by Gasteiger charge is -2.99. The van der Waals surface area contributed by atoms with Gasteiger partial charge >= 0.3 is 11.9 Å². The summed E-state index contributed by atoms with van der Waals surface area (Å²) in [6.07, 6.45) is 2.35. The Morgan fingerprint density at radius 2 is 1.67 bits per heavy atom. The largest absolute Gasteiger partial charge is 0.469 e. The first-order valence-electron chi connectivity index (χ1n) is 6.85. The van der Waals surface area contributed by atoms with Crippen LogP contribution < -0.4 is 0 Å². The van der Waals surface area contributed by atoms with Crippen LogP contribution >= 0.6 is 0 Å². The van der Waals surface area contributed by atoms with Crippen molar-refractivity contribution in [2.45, 2.75) is 12.8 Å². The van der Waals surface area contributed by atoms with Crippen LogP contribution in [-0.4, -0.2) is 26.2 Å². The normalized spacial score (nSPS) is 63.4. The predicted octanol–water partition coefficient (Wildman–Crippen LogP) is 0.851. The molecule has 0 saturated heterocycles. The van der Waals surface area contributed by atoms with Crippen molar-refractivity contribution in [3.8, 4) is 0 Å². The molecule has 6 fully saturated rings. The summed E-state index contributed by atoms with van der Waals surface area (Å²) in [4.78, 5) is 24.4. The maximum atomic E-state index is 12.2. The van der Waals surface area contributed by atoms with Crippen LogP contribution in [0.15, 0.2) is 0 Å². The first kappa shape index (κ1) is 9.82. The molecule has 0 spiro atoms. The van der Waals surface area contributed by atoms with Crippen LogP contribution in [0.3, 0.4) is 0 Å². The molecule has 0 aromatic rings. The number of fused-ring (bicyclic) bond motifs is 1. The summed E-state index contributed by atoms with van der Waals surface area (Å²) in [5, 5.41) is 0. The molecular weight excluding hydrogens is 232 g/mol. The zero-order valence-electron chi connectivity index (χ0n) is 10.5. The van der Waals surface area contributed by atoms with Crippen LogP contribution in [0.1, 0.15) is 12.8 Å². The molecule has 6 aliphatic carbocycles. The molecule has 8 atom stereocenters. The van der Waals surface area contributed by atoms with Gasteiger partial charge in [0.15, 0.2) is 0 Å². The van der Waals surface area contributed by atoms with Crippen molar-refractivity contribution >= 4 is 11.9 Å². The molecule has 0 radical (unpaired) electrons. The van der Waals surface area contributed by atoms with E-state index in [0.717, 1.165) is 6.42 Å². The first-order chi connectivity index (χ1) is 8.68. The number of carbonyl (C=O) groups is 2. The summed E-state index contributed by atoms with van der Waals surface area (Å²) in [6.45, 7) is 0. The molecule has 18 heavy (non-hydrogen) atoms. The van der Waals surface area contributed by atoms with E-state index >= 15 is 0 Å². The fraction of sp³-hybridized carbons (Fsp3) is 0.857. The standard InChI is InChI=1S/C14H16O4/c1-17-11(15)13-6-4-3-5-8-7(6)10(13)14(8,9(5)13)12(16)18-2/h5-10H,3-4H2,1-2H3/t5-,6+,7+,8-,9-,10-,13-,14+/m0/s1. The molecule has 0 aromatic heterocycles. The van der Waals surface area contributed by atoms with Gasteiger partial charge in [-0.15, -0.1) is 0 Å². The van der Waals surface area contributed by atoms with E-state index in [1.165, 1.54) is 20.6 Å². The van der Waals surface area contributed by atoms with Crippen LogP contribution in [0.2, 0.25) is 0 Å². The molecule has 4 nitrogen and oxygen atoms in total. The van der Waals surface area contributed by atoms with E-state index in [9.17, 15) is 9.59 Å². The third-order valence-corrected chi connectivity index (χ3v) is 7.27. The van der Waals surface area contributed by atoms with E-state index in [1.807, 2.05) is 0 Å². The second kappa shape index (κ2) is 2.35. The van der Waals surface area contributed by atoms with Gasteiger partial charge in [-0.05, 0) is 48.3 Å². The summed E-state index contributed by atoms with van der Waals surface area (Å²) in [5.41, 5.74) is -0.555. The van der Waals surface area contributed by atoms with Gasteiger partial charge in [0, 0.05) is 0 Å². The number of rotatable bonds is 2. The number of hydrogen-bond acceptors (Lipinski definition) is 4. The van der Waals surface area contributed by atoms with Gasteiger partial charge in [-0.25, -0.2) is 0 Å². The number of methoxy groups -OCH3 is 2. The van der Waals surface area contributed by atoms with E-state index in [2.05, 4.69) is 0 Å². The summed E-state index contributed by atoms with van der Waals surface area (Å²) in [6, 6.07) is 0. The lowest BCUT2D eigenvalue weighted by atomic mass is 9.01. The molecule has 2 bridgehead atoms. The van der Waals surface area contributed by atoms with E-state index in [4.69, 9.17) is 9.47 Å². The van der Waals surface area contributed by atoms with Crippen LogP contribution in [0, 0.1) is 46.3 Å². The second-order valence-electron chi connectivity index (χ2n) is 6.76. The average Bonchev–Trinajstić information content (AvgIpc) is 2.36. The fourth-order valence-corrected chi connectivity index (χ4v) is 7.42. The SMILES string of the molecule is COC(=O)[C@@]12[C@H]3[C@@H]4CC[C@@H]5[C@H]3[C@H]1[C@@]5(C(=O)OC)[C@H]42. The van der Waals surface area contributed by atoms with E-state index in [1.54, 1.807) is 0 Å². The Kier molecular flexibility index (Phi) is 1.28. The fourth-order valence-electron chi connectivity index (χ4n) is 7.42. The van der Waals surface area contributed by atoms with E-state index in [-0.39, 0.29) is 34.6 Å². The first-order valence-corrected chi connectivity index (χ1v) is 6.85. The molecular formula is C14H16O4. The Bertz CT molecular complexity index is 510. The molecule has 0 heterocycles. The Labute approximate surface area is 105 Å². The third kappa shape index (κ3) is 0.503. The lowest BCUT2D eigenvalue weighted by molar-refractivity contribution is -0.532. The van der Waals surface area contributed by atoms with Crippen molar-refractivity contribution in [1.29, 1.82) is 0 Å².